The van der Waals surface area contributed by atoms with Gasteiger partial charge in [0.2, 0.25) is 0 Å². The van der Waals surface area contributed by atoms with Crippen LogP contribution in [-0.2, 0) is 19.5 Å². The van der Waals surface area contributed by atoms with E-state index >= 15 is 0 Å². The molecule has 0 saturated carbocycles. The molecular weight excluding hydrogens is 210 g/mol. The molecule has 1 aromatic heterocycles. The summed E-state index contributed by atoms with van der Waals surface area (Å²) in [5, 5.41) is 8.06. The predicted molar refractivity (Wildman–Crippen MR) is 73.1 cm³/mol. The quantitative estimate of drug-likeness (QED) is 0.771. The Hall–Kier alpha value is -0.830. The third-order valence-corrected chi connectivity index (χ3v) is 2.93. The van der Waals surface area contributed by atoms with Crippen molar-refractivity contribution in [2.24, 2.45) is 5.41 Å². The molecule has 0 aliphatic rings. The maximum atomic E-state index is 4.55. The van der Waals surface area contributed by atoms with E-state index < -0.39 is 0 Å². The van der Waals surface area contributed by atoms with Gasteiger partial charge in [0, 0.05) is 13.1 Å². The number of nitrogens with zero attached hydrogens (tertiary/aromatic N) is 2. The van der Waals surface area contributed by atoms with Gasteiger partial charge in [-0.1, -0.05) is 27.7 Å². The zero-order chi connectivity index (χ0) is 12.9. The minimum atomic E-state index is 0.409. The highest BCUT2D eigenvalue weighted by molar-refractivity contribution is 5.10. The summed E-state index contributed by atoms with van der Waals surface area (Å²) in [6.45, 7) is 14.1. The summed E-state index contributed by atoms with van der Waals surface area (Å²) in [7, 11) is 0. The van der Waals surface area contributed by atoms with Crippen LogP contribution < -0.4 is 5.32 Å². The first-order valence-corrected chi connectivity index (χ1v) is 6.72. The molecular formula is C14H27N3. The topological polar surface area (TPSA) is 29.9 Å². The fraction of sp³-hybridized carbons (Fsp3) is 0.786. The molecule has 0 amide bonds. The highest BCUT2D eigenvalue weighted by Gasteiger charge is 2.09. The van der Waals surface area contributed by atoms with E-state index in [2.05, 4.69) is 55.8 Å². The van der Waals surface area contributed by atoms with E-state index in [0.29, 0.717) is 5.41 Å². The molecule has 0 radical (unpaired) electrons. The zero-order valence-corrected chi connectivity index (χ0v) is 12.0. The van der Waals surface area contributed by atoms with Crippen molar-refractivity contribution in [2.75, 3.05) is 6.54 Å². The Kier molecular flexibility index (Phi) is 5.19. The van der Waals surface area contributed by atoms with Crippen molar-refractivity contribution in [3.8, 4) is 0 Å². The van der Waals surface area contributed by atoms with E-state index in [0.717, 1.165) is 26.1 Å². The smallest absolute Gasteiger partial charge is 0.0625 e. The van der Waals surface area contributed by atoms with Crippen molar-refractivity contribution in [1.29, 1.82) is 0 Å². The molecule has 3 nitrogen and oxygen atoms in total. The van der Waals surface area contributed by atoms with Gasteiger partial charge in [-0.25, -0.2) is 0 Å². The summed E-state index contributed by atoms with van der Waals surface area (Å²) >= 11 is 0. The molecule has 0 saturated heterocycles. The van der Waals surface area contributed by atoms with Crippen LogP contribution in [0.5, 0.6) is 0 Å². The van der Waals surface area contributed by atoms with Crippen LogP contribution in [0.1, 0.15) is 52.4 Å². The number of aromatic nitrogens is 2. The highest BCUT2D eigenvalue weighted by atomic mass is 15.3. The van der Waals surface area contributed by atoms with Crippen molar-refractivity contribution >= 4 is 0 Å². The van der Waals surface area contributed by atoms with E-state index in [-0.39, 0.29) is 0 Å². The molecule has 1 rings (SSSR count). The average Bonchev–Trinajstić information content (AvgIpc) is 2.65. The Labute approximate surface area is 106 Å². The van der Waals surface area contributed by atoms with Crippen LogP contribution >= 0.6 is 0 Å². The number of hydrogen-bond donors (Lipinski definition) is 1. The van der Waals surface area contributed by atoms with Gasteiger partial charge in [-0.2, -0.15) is 5.10 Å². The second-order valence-electron chi connectivity index (χ2n) is 5.78. The van der Waals surface area contributed by atoms with Crippen molar-refractivity contribution in [2.45, 2.75) is 60.5 Å². The molecule has 0 aromatic carbocycles. The molecule has 3 heteroatoms. The number of hydrogen-bond acceptors (Lipinski definition) is 2. The fourth-order valence-corrected chi connectivity index (χ4v) is 1.78. The summed E-state index contributed by atoms with van der Waals surface area (Å²) in [5.74, 6) is 0. The van der Waals surface area contributed by atoms with Crippen LogP contribution in [0, 0.1) is 5.41 Å². The first-order chi connectivity index (χ1) is 7.96. The maximum absolute atomic E-state index is 4.55. The Morgan fingerprint density at radius 1 is 1.29 bits per heavy atom. The van der Waals surface area contributed by atoms with E-state index in [1.807, 2.05) is 0 Å². The van der Waals surface area contributed by atoms with Gasteiger partial charge < -0.3 is 5.32 Å². The molecule has 0 atom stereocenters. The number of nitrogens with one attached hydrogen (secondary N) is 1. The maximum Gasteiger partial charge on any atom is 0.0625 e. The number of rotatable bonds is 6. The molecule has 1 N–H and O–H groups in total. The van der Waals surface area contributed by atoms with E-state index in [4.69, 9.17) is 0 Å². The fourth-order valence-electron chi connectivity index (χ4n) is 1.78. The van der Waals surface area contributed by atoms with Crippen molar-refractivity contribution in [1.82, 2.24) is 15.1 Å². The molecule has 1 aromatic rings. The van der Waals surface area contributed by atoms with Gasteiger partial charge in [0.15, 0.2) is 0 Å². The normalized spacial score (nSPS) is 12.1. The molecule has 0 bridgehead atoms. The Morgan fingerprint density at radius 3 is 2.53 bits per heavy atom. The van der Waals surface area contributed by atoms with Gasteiger partial charge in [0.1, 0.15) is 0 Å². The largest absolute Gasteiger partial charge is 0.311 e. The molecule has 0 unspecified atom stereocenters. The highest BCUT2D eigenvalue weighted by Crippen LogP contribution is 2.17. The van der Waals surface area contributed by atoms with Crippen LogP contribution in [0.3, 0.4) is 0 Å². The summed E-state index contributed by atoms with van der Waals surface area (Å²) in [4.78, 5) is 0. The summed E-state index contributed by atoms with van der Waals surface area (Å²) < 4.78 is 2.10. The second kappa shape index (κ2) is 6.20. The Bertz CT molecular complexity index is 334. The number of aryl methyl sites for hydroxylation is 2. The molecule has 17 heavy (non-hydrogen) atoms. The molecule has 98 valence electrons. The summed E-state index contributed by atoms with van der Waals surface area (Å²) in [5.41, 5.74) is 2.91. The van der Waals surface area contributed by atoms with E-state index in [9.17, 15) is 0 Å². The van der Waals surface area contributed by atoms with Gasteiger partial charge in [0.05, 0.1) is 11.4 Å². The third kappa shape index (κ3) is 4.90. The van der Waals surface area contributed by atoms with Crippen molar-refractivity contribution in [3.63, 3.8) is 0 Å². The van der Waals surface area contributed by atoms with Gasteiger partial charge in [-0.05, 0) is 37.8 Å². The first-order valence-electron chi connectivity index (χ1n) is 6.72. The monoisotopic (exact) mass is 237 g/mol. The lowest BCUT2D eigenvalue weighted by atomic mass is 9.92. The van der Waals surface area contributed by atoms with E-state index in [1.54, 1.807) is 0 Å². The lowest BCUT2D eigenvalue weighted by Crippen LogP contribution is -2.21. The molecule has 0 spiro atoms. The van der Waals surface area contributed by atoms with Gasteiger partial charge in [-0.15, -0.1) is 0 Å². The molecule has 1 heterocycles. The zero-order valence-electron chi connectivity index (χ0n) is 12.0. The van der Waals surface area contributed by atoms with Crippen molar-refractivity contribution in [3.05, 3.63) is 17.5 Å². The standard InChI is InChI=1S/C14H27N3/c1-6-12-10-13(17(7-2)16-12)11-15-9-8-14(3,4)5/h10,15H,6-9,11H2,1-5H3. The lowest BCUT2D eigenvalue weighted by Gasteiger charge is -2.18. The van der Waals surface area contributed by atoms with Crippen LogP contribution in [0.15, 0.2) is 6.07 Å². The second-order valence-corrected chi connectivity index (χ2v) is 5.78. The van der Waals surface area contributed by atoms with Crippen LogP contribution in [-0.4, -0.2) is 16.3 Å². The van der Waals surface area contributed by atoms with Crippen molar-refractivity contribution < 1.29 is 0 Å². The van der Waals surface area contributed by atoms with Crippen LogP contribution in [0.2, 0.25) is 0 Å². The summed E-state index contributed by atoms with van der Waals surface area (Å²) in [6, 6.07) is 2.22. The van der Waals surface area contributed by atoms with Gasteiger partial charge in [0.25, 0.3) is 0 Å². The Morgan fingerprint density at radius 2 is 2.00 bits per heavy atom. The SMILES string of the molecule is CCc1cc(CNCCC(C)(C)C)n(CC)n1. The Balaban J connectivity index is 2.43. The predicted octanol–water partition coefficient (Wildman–Crippen LogP) is 2.99. The average molecular weight is 237 g/mol. The lowest BCUT2D eigenvalue weighted by molar-refractivity contribution is 0.365. The summed E-state index contributed by atoms with van der Waals surface area (Å²) in [6.07, 6.45) is 2.22. The molecule has 0 aliphatic heterocycles. The van der Waals surface area contributed by atoms with E-state index in [1.165, 1.54) is 17.8 Å². The van der Waals surface area contributed by atoms with Crippen LogP contribution in [0.25, 0.3) is 0 Å². The third-order valence-electron chi connectivity index (χ3n) is 2.93. The minimum Gasteiger partial charge on any atom is -0.311 e. The molecule has 0 aliphatic carbocycles. The van der Waals surface area contributed by atoms with Crippen LogP contribution in [0.4, 0.5) is 0 Å². The van der Waals surface area contributed by atoms with Gasteiger partial charge >= 0.3 is 0 Å². The first kappa shape index (κ1) is 14.2. The minimum absolute atomic E-state index is 0.409. The molecule has 0 fully saturated rings. The van der Waals surface area contributed by atoms with Gasteiger partial charge in [-0.3, -0.25) is 4.68 Å².